The molecule has 0 fully saturated rings. The summed E-state index contributed by atoms with van der Waals surface area (Å²) < 4.78 is 19.4. The van der Waals surface area contributed by atoms with Gasteiger partial charge < -0.3 is 10.5 Å². The average molecular weight is 281 g/mol. The summed E-state index contributed by atoms with van der Waals surface area (Å²) >= 11 is 0. The van der Waals surface area contributed by atoms with Gasteiger partial charge in [-0.1, -0.05) is 0 Å². The van der Waals surface area contributed by atoms with Gasteiger partial charge in [0.25, 0.3) is 11.7 Å². The van der Waals surface area contributed by atoms with Crippen molar-refractivity contribution in [1.82, 2.24) is 0 Å². The highest BCUT2D eigenvalue weighted by Crippen LogP contribution is 2.40. The zero-order valence-corrected chi connectivity index (χ0v) is 11.5. The van der Waals surface area contributed by atoms with E-state index < -0.39 is 21.9 Å². The van der Waals surface area contributed by atoms with Crippen LogP contribution in [0.1, 0.15) is 32.8 Å². The molecule has 0 aliphatic carbocycles. The third kappa shape index (κ3) is 2.56. The number of nitro benzene ring substituents is 1. The van der Waals surface area contributed by atoms with Crippen LogP contribution in [0, 0.1) is 15.9 Å². The van der Waals surface area contributed by atoms with Crippen LogP contribution < -0.4 is 5.73 Å². The predicted molar refractivity (Wildman–Crippen MR) is 71.8 cm³/mol. The van der Waals surface area contributed by atoms with Gasteiger partial charge in [-0.3, -0.25) is 10.1 Å². The SMILES string of the molecule is CC1(C)C[C@@](C)(c2cc([N+](=O)[O-])ccc2F)N=C(N)O1. The topological polar surface area (TPSA) is 90.8 Å². The van der Waals surface area contributed by atoms with Crippen LogP contribution in [0.5, 0.6) is 0 Å². The molecular formula is C13H16FN3O3. The Hall–Kier alpha value is -2.18. The third-order valence-corrected chi connectivity index (χ3v) is 3.25. The Bertz CT molecular complexity index is 601. The minimum Gasteiger partial charge on any atom is -0.459 e. The van der Waals surface area contributed by atoms with E-state index in [0.29, 0.717) is 6.42 Å². The monoisotopic (exact) mass is 281 g/mol. The number of ether oxygens (including phenoxy) is 1. The van der Waals surface area contributed by atoms with Crippen molar-refractivity contribution in [3.8, 4) is 0 Å². The molecule has 1 aliphatic heterocycles. The van der Waals surface area contributed by atoms with Crippen molar-refractivity contribution in [2.45, 2.75) is 38.3 Å². The number of halogens is 1. The summed E-state index contributed by atoms with van der Waals surface area (Å²) in [4.78, 5) is 14.4. The van der Waals surface area contributed by atoms with Gasteiger partial charge in [-0.05, 0) is 26.8 Å². The van der Waals surface area contributed by atoms with Crippen molar-refractivity contribution in [1.29, 1.82) is 0 Å². The molecule has 0 saturated heterocycles. The summed E-state index contributed by atoms with van der Waals surface area (Å²) in [5.74, 6) is -0.549. The summed E-state index contributed by atoms with van der Waals surface area (Å²) in [6.45, 7) is 5.30. The number of nitro groups is 1. The lowest BCUT2D eigenvalue weighted by atomic mass is 9.81. The molecule has 7 heteroatoms. The average Bonchev–Trinajstić information content (AvgIpc) is 2.25. The molecule has 0 saturated carbocycles. The molecule has 0 radical (unpaired) electrons. The second-order valence-corrected chi connectivity index (χ2v) is 5.68. The molecule has 0 amide bonds. The van der Waals surface area contributed by atoms with Crippen molar-refractivity contribution >= 4 is 11.7 Å². The number of hydrogen-bond donors (Lipinski definition) is 1. The van der Waals surface area contributed by atoms with Crippen LogP contribution in [0.15, 0.2) is 23.2 Å². The number of amidine groups is 1. The Balaban J connectivity index is 2.57. The Morgan fingerprint density at radius 1 is 1.45 bits per heavy atom. The number of nitrogens with two attached hydrogens (primary N) is 1. The molecule has 1 aromatic carbocycles. The standard InChI is InChI=1S/C13H16FN3O3/c1-12(2)7-13(3,16-11(15)20-12)9-6-8(17(18)19)4-5-10(9)14/h4-6H,7H2,1-3H3,(H2,15,16)/t13-/m0/s1. The zero-order valence-electron chi connectivity index (χ0n) is 11.5. The van der Waals surface area contributed by atoms with Gasteiger partial charge in [0.1, 0.15) is 11.4 Å². The summed E-state index contributed by atoms with van der Waals surface area (Å²) in [5, 5.41) is 10.8. The molecule has 1 heterocycles. The Labute approximate surface area is 115 Å². The van der Waals surface area contributed by atoms with E-state index in [1.807, 2.05) is 13.8 Å². The summed E-state index contributed by atoms with van der Waals surface area (Å²) in [7, 11) is 0. The summed E-state index contributed by atoms with van der Waals surface area (Å²) in [5.41, 5.74) is 3.98. The Morgan fingerprint density at radius 3 is 2.65 bits per heavy atom. The van der Waals surface area contributed by atoms with Gasteiger partial charge in [0, 0.05) is 24.1 Å². The minimum absolute atomic E-state index is 0.0466. The lowest BCUT2D eigenvalue weighted by Gasteiger charge is -2.39. The molecule has 108 valence electrons. The van der Waals surface area contributed by atoms with E-state index in [1.54, 1.807) is 6.92 Å². The number of benzene rings is 1. The van der Waals surface area contributed by atoms with Crippen LogP contribution in [0.25, 0.3) is 0 Å². The van der Waals surface area contributed by atoms with Crippen molar-refractivity contribution < 1.29 is 14.1 Å². The van der Waals surface area contributed by atoms with Gasteiger partial charge in [0.15, 0.2) is 0 Å². The van der Waals surface area contributed by atoms with Crippen molar-refractivity contribution in [3.63, 3.8) is 0 Å². The van der Waals surface area contributed by atoms with E-state index >= 15 is 0 Å². The van der Waals surface area contributed by atoms with Crippen LogP contribution in [-0.2, 0) is 10.3 Å². The first-order chi connectivity index (χ1) is 9.13. The summed E-state index contributed by atoms with van der Waals surface area (Å²) in [6.07, 6.45) is 0.360. The van der Waals surface area contributed by atoms with Gasteiger partial charge in [-0.25, -0.2) is 9.38 Å². The van der Waals surface area contributed by atoms with Gasteiger partial charge in [0.2, 0.25) is 0 Å². The van der Waals surface area contributed by atoms with Crippen LogP contribution in [-0.4, -0.2) is 16.5 Å². The first-order valence-electron chi connectivity index (χ1n) is 6.12. The van der Waals surface area contributed by atoms with Crippen LogP contribution >= 0.6 is 0 Å². The highest BCUT2D eigenvalue weighted by atomic mass is 19.1. The van der Waals surface area contributed by atoms with Gasteiger partial charge in [-0.2, -0.15) is 0 Å². The van der Waals surface area contributed by atoms with E-state index in [9.17, 15) is 14.5 Å². The number of non-ortho nitro benzene ring substituents is 1. The van der Waals surface area contributed by atoms with Crippen LogP contribution in [0.4, 0.5) is 10.1 Å². The lowest BCUT2D eigenvalue weighted by molar-refractivity contribution is -0.385. The maximum Gasteiger partial charge on any atom is 0.283 e. The smallest absolute Gasteiger partial charge is 0.283 e. The fraction of sp³-hybridized carbons (Fsp3) is 0.462. The number of rotatable bonds is 2. The van der Waals surface area contributed by atoms with Crippen molar-refractivity contribution in [2.75, 3.05) is 0 Å². The van der Waals surface area contributed by atoms with Crippen molar-refractivity contribution in [2.24, 2.45) is 10.7 Å². The predicted octanol–water partition coefficient (Wildman–Crippen LogP) is 2.46. The van der Waals surface area contributed by atoms with E-state index in [-0.39, 0.29) is 17.3 Å². The molecule has 0 spiro atoms. The number of hydrogen-bond acceptors (Lipinski definition) is 5. The normalized spacial score (nSPS) is 24.7. The molecular weight excluding hydrogens is 265 g/mol. The molecule has 20 heavy (non-hydrogen) atoms. The largest absolute Gasteiger partial charge is 0.459 e. The molecule has 1 aliphatic rings. The van der Waals surface area contributed by atoms with Gasteiger partial charge >= 0.3 is 0 Å². The van der Waals surface area contributed by atoms with E-state index in [4.69, 9.17) is 10.5 Å². The van der Waals surface area contributed by atoms with Gasteiger partial charge in [0.05, 0.1) is 10.5 Å². The molecule has 0 bridgehead atoms. The molecule has 0 aromatic heterocycles. The first kappa shape index (κ1) is 14.2. The maximum absolute atomic E-state index is 14.1. The van der Waals surface area contributed by atoms with Crippen LogP contribution in [0.3, 0.4) is 0 Å². The molecule has 6 nitrogen and oxygen atoms in total. The molecule has 1 aromatic rings. The fourth-order valence-electron chi connectivity index (χ4n) is 2.65. The quantitative estimate of drug-likeness (QED) is 0.666. The fourth-order valence-corrected chi connectivity index (χ4v) is 2.65. The van der Waals surface area contributed by atoms with E-state index in [1.165, 1.54) is 6.07 Å². The molecule has 0 unspecified atom stereocenters. The summed E-state index contributed by atoms with van der Waals surface area (Å²) in [6, 6.07) is 3.36. The van der Waals surface area contributed by atoms with Gasteiger partial charge in [-0.15, -0.1) is 0 Å². The molecule has 2 rings (SSSR count). The van der Waals surface area contributed by atoms with Crippen LogP contribution in [0.2, 0.25) is 0 Å². The number of aliphatic imine (C=N–C) groups is 1. The highest BCUT2D eigenvalue weighted by Gasteiger charge is 2.42. The molecule has 1 atom stereocenters. The lowest BCUT2D eigenvalue weighted by Crippen LogP contribution is -2.44. The third-order valence-electron chi connectivity index (χ3n) is 3.25. The zero-order chi connectivity index (χ0) is 15.1. The second kappa shape index (κ2) is 4.43. The second-order valence-electron chi connectivity index (χ2n) is 5.68. The highest BCUT2D eigenvalue weighted by molar-refractivity contribution is 5.73. The number of nitrogens with zero attached hydrogens (tertiary/aromatic N) is 2. The Kier molecular flexibility index (Phi) is 3.15. The van der Waals surface area contributed by atoms with Crippen molar-refractivity contribution in [3.05, 3.63) is 39.7 Å². The maximum atomic E-state index is 14.1. The van der Waals surface area contributed by atoms with E-state index in [0.717, 1.165) is 12.1 Å². The first-order valence-corrected chi connectivity index (χ1v) is 6.12. The Morgan fingerprint density at radius 2 is 2.10 bits per heavy atom. The van der Waals surface area contributed by atoms with E-state index in [2.05, 4.69) is 4.99 Å². The minimum atomic E-state index is -0.998. The molecule has 2 N–H and O–H groups in total.